The molecule has 0 aliphatic heterocycles. The molecule has 156 valence electrons. The number of nitrogens with zero attached hydrogens (tertiary/aromatic N) is 1. The van der Waals surface area contributed by atoms with Crippen LogP contribution in [0.1, 0.15) is 74.9 Å². The van der Waals surface area contributed by atoms with Gasteiger partial charge in [0.25, 0.3) is 0 Å². The number of ether oxygens (including phenoxy) is 1. The molecule has 2 aromatic carbocycles. The molecule has 0 bridgehead atoms. The van der Waals surface area contributed by atoms with E-state index >= 15 is 0 Å². The Morgan fingerprint density at radius 3 is 2.24 bits per heavy atom. The van der Waals surface area contributed by atoms with Crippen LogP contribution in [-0.4, -0.2) is 35.8 Å². The Labute approximate surface area is 174 Å². The summed E-state index contributed by atoms with van der Waals surface area (Å²) in [6, 6.07) is 16.4. The Morgan fingerprint density at radius 2 is 1.69 bits per heavy atom. The average molecular weight is 396 g/mol. The number of esters is 1. The van der Waals surface area contributed by atoms with Gasteiger partial charge < -0.3 is 4.74 Å². The first-order valence-electron chi connectivity index (χ1n) is 10.5. The minimum atomic E-state index is -0.275. The predicted molar refractivity (Wildman–Crippen MR) is 118 cm³/mol. The Balaban J connectivity index is 2.47. The van der Waals surface area contributed by atoms with Crippen LogP contribution in [0.25, 0.3) is 0 Å². The molecule has 0 spiro atoms. The molecule has 0 N–H and O–H groups in total. The fourth-order valence-corrected chi connectivity index (χ4v) is 3.78. The smallest absolute Gasteiger partial charge is 0.310 e. The highest BCUT2D eigenvalue weighted by Gasteiger charge is 2.23. The van der Waals surface area contributed by atoms with Gasteiger partial charge in [0.2, 0.25) is 0 Å². The minimum Gasteiger partial charge on any atom is -0.426 e. The zero-order valence-electron chi connectivity index (χ0n) is 18.2. The van der Waals surface area contributed by atoms with E-state index in [2.05, 4.69) is 44.7 Å². The SMILES string of the molecule is CCC(=O)Oc1ccc(C=O)cc1C(CCN(C(C)C)C(C)C)c1ccccc1. The summed E-state index contributed by atoms with van der Waals surface area (Å²) in [4.78, 5) is 25.9. The van der Waals surface area contributed by atoms with Gasteiger partial charge in [-0.15, -0.1) is 0 Å². The third-order valence-corrected chi connectivity index (χ3v) is 5.26. The summed E-state index contributed by atoms with van der Waals surface area (Å²) in [5.74, 6) is 0.288. The van der Waals surface area contributed by atoms with E-state index in [9.17, 15) is 9.59 Å². The Hall–Kier alpha value is -2.46. The van der Waals surface area contributed by atoms with E-state index in [1.54, 1.807) is 19.1 Å². The first-order valence-corrected chi connectivity index (χ1v) is 10.5. The van der Waals surface area contributed by atoms with Gasteiger partial charge in [0.1, 0.15) is 12.0 Å². The quantitative estimate of drug-likeness (QED) is 0.305. The van der Waals surface area contributed by atoms with Crippen molar-refractivity contribution < 1.29 is 14.3 Å². The van der Waals surface area contributed by atoms with Crippen LogP contribution in [0, 0.1) is 0 Å². The Bertz CT molecular complexity index is 791. The van der Waals surface area contributed by atoms with Gasteiger partial charge in [-0.3, -0.25) is 14.5 Å². The normalized spacial score (nSPS) is 12.4. The van der Waals surface area contributed by atoms with Crippen molar-refractivity contribution in [2.75, 3.05) is 6.54 Å². The second-order valence-electron chi connectivity index (χ2n) is 7.92. The van der Waals surface area contributed by atoms with Crippen LogP contribution in [0.4, 0.5) is 0 Å². The van der Waals surface area contributed by atoms with Crippen LogP contribution in [-0.2, 0) is 4.79 Å². The van der Waals surface area contributed by atoms with Crippen molar-refractivity contribution in [1.82, 2.24) is 4.90 Å². The van der Waals surface area contributed by atoms with E-state index in [4.69, 9.17) is 4.74 Å². The molecule has 0 amide bonds. The third kappa shape index (κ3) is 6.26. The van der Waals surface area contributed by atoms with E-state index in [0.717, 1.165) is 30.4 Å². The standard InChI is InChI=1S/C25H33NO3/c1-6-25(28)29-24-13-12-20(17-27)16-23(24)22(21-10-8-7-9-11-21)14-15-26(18(2)3)19(4)5/h7-13,16-19,22H,6,14-15H2,1-5H3. The van der Waals surface area contributed by atoms with E-state index in [1.165, 1.54) is 0 Å². The molecular weight excluding hydrogens is 362 g/mol. The lowest BCUT2D eigenvalue weighted by Crippen LogP contribution is -2.38. The number of hydrogen-bond acceptors (Lipinski definition) is 4. The number of aldehydes is 1. The van der Waals surface area contributed by atoms with Gasteiger partial charge >= 0.3 is 5.97 Å². The van der Waals surface area contributed by atoms with E-state index in [1.807, 2.05) is 24.3 Å². The number of carbonyl (C=O) groups excluding carboxylic acids is 2. The maximum Gasteiger partial charge on any atom is 0.310 e. The molecule has 2 aromatic rings. The van der Waals surface area contributed by atoms with Crippen molar-refractivity contribution in [3.8, 4) is 5.75 Å². The van der Waals surface area contributed by atoms with Gasteiger partial charge in [-0.05, 0) is 64.4 Å². The molecule has 1 unspecified atom stereocenters. The number of benzene rings is 2. The molecule has 0 aliphatic carbocycles. The van der Waals surface area contributed by atoms with Gasteiger partial charge in [0.05, 0.1) is 0 Å². The molecule has 4 nitrogen and oxygen atoms in total. The maximum absolute atomic E-state index is 12.0. The summed E-state index contributed by atoms with van der Waals surface area (Å²) >= 11 is 0. The lowest BCUT2D eigenvalue weighted by Gasteiger charge is -2.32. The zero-order chi connectivity index (χ0) is 21.4. The van der Waals surface area contributed by atoms with E-state index in [-0.39, 0.29) is 11.9 Å². The predicted octanol–water partition coefficient (Wildman–Crippen LogP) is 5.46. The van der Waals surface area contributed by atoms with Crippen molar-refractivity contribution in [2.24, 2.45) is 0 Å². The molecule has 0 radical (unpaired) electrons. The molecule has 0 aliphatic rings. The summed E-state index contributed by atoms with van der Waals surface area (Å²) < 4.78 is 5.63. The summed E-state index contributed by atoms with van der Waals surface area (Å²) in [5.41, 5.74) is 2.62. The Morgan fingerprint density at radius 1 is 1.03 bits per heavy atom. The lowest BCUT2D eigenvalue weighted by molar-refractivity contribution is -0.134. The van der Waals surface area contributed by atoms with E-state index < -0.39 is 0 Å². The van der Waals surface area contributed by atoms with Crippen molar-refractivity contribution in [3.05, 3.63) is 65.2 Å². The van der Waals surface area contributed by atoms with Gasteiger partial charge in [-0.2, -0.15) is 0 Å². The average Bonchev–Trinajstić information content (AvgIpc) is 2.71. The molecule has 2 rings (SSSR count). The van der Waals surface area contributed by atoms with Crippen molar-refractivity contribution in [3.63, 3.8) is 0 Å². The summed E-state index contributed by atoms with van der Waals surface area (Å²) in [6.45, 7) is 11.5. The van der Waals surface area contributed by atoms with E-state index in [0.29, 0.717) is 29.8 Å². The van der Waals surface area contributed by atoms with Gasteiger partial charge in [0.15, 0.2) is 0 Å². The molecular formula is C25H33NO3. The van der Waals surface area contributed by atoms with Crippen LogP contribution in [0.2, 0.25) is 0 Å². The van der Waals surface area contributed by atoms with Crippen molar-refractivity contribution in [1.29, 1.82) is 0 Å². The second kappa shape index (κ2) is 10.9. The Kier molecular flexibility index (Phi) is 8.59. The monoisotopic (exact) mass is 395 g/mol. The molecule has 29 heavy (non-hydrogen) atoms. The minimum absolute atomic E-state index is 0.0238. The van der Waals surface area contributed by atoms with Crippen molar-refractivity contribution >= 4 is 12.3 Å². The highest BCUT2D eigenvalue weighted by atomic mass is 16.5. The molecule has 0 aromatic heterocycles. The molecule has 0 heterocycles. The summed E-state index contributed by atoms with van der Waals surface area (Å²) in [6.07, 6.45) is 2.00. The fraction of sp³-hybridized carbons (Fsp3) is 0.440. The number of rotatable bonds is 10. The number of hydrogen-bond donors (Lipinski definition) is 0. The van der Waals surface area contributed by atoms with Crippen LogP contribution in [0.3, 0.4) is 0 Å². The molecule has 0 saturated heterocycles. The van der Waals surface area contributed by atoms with Crippen LogP contribution in [0.15, 0.2) is 48.5 Å². The first-order chi connectivity index (χ1) is 13.9. The topological polar surface area (TPSA) is 46.6 Å². The summed E-state index contributed by atoms with van der Waals surface area (Å²) in [5, 5.41) is 0. The molecule has 1 atom stereocenters. The van der Waals surface area contributed by atoms with Gasteiger partial charge in [-0.25, -0.2) is 0 Å². The molecule has 4 heteroatoms. The lowest BCUT2D eigenvalue weighted by atomic mass is 9.86. The maximum atomic E-state index is 12.0. The molecule has 0 saturated carbocycles. The highest BCUT2D eigenvalue weighted by molar-refractivity contribution is 5.77. The second-order valence-corrected chi connectivity index (χ2v) is 7.92. The van der Waals surface area contributed by atoms with Crippen LogP contribution in [0.5, 0.6) is 5.75 Å². The zero-order valence-corrected chi connectivity index (χ0v) is 18.2. The van der Waals surface area contributed by atoms with Gasteiger partial charge in [0, 0.05) is 35.5 Å². The fourth-order valence-electron chi connectivity index (χ4n) is 3.78. The third-order valence-electron chi connectivity index (χ3n) is 5.26. The first kappa shape index (κ1) is 22.8. The largest absolute Gasteiger partial charge is 0.426 e. The highest BCUT2D eigenvalue weighted by Crippen LogP contribution is 2.36. The molecule has 0 fully saturated rings. The van der Waals surface area contributed by atoms with Crippen LogP contribution >= 0.6 is 0 Å². The number of carbonyl (C=O) groups is 2. The van der Waals surface area contributed by atoms with Gasteiger partial charge in [-0.1, -0.05) is 37.3 Å². The summed E-state index contributed by atoms with van der Waals surface area (Å²) in [7, 11) is 0. The van der Waals surface area contributed by atoms with Crippen LogP contribution < -0.4 is 4.74 Å². The van der Waals surface area contributed by atoms with Crippen molar-refractivity contribution in [2.45, 2.75) is 65.5 Å².